The van der Waals surface area contributed by atoms with Crippen molar-refractivity contribution in [3.8, 4) is 5.75 Å². The van der Waals surface area contributed by atoms with E-state index in [0.29, 0.717) is 5.75 Å². The Morgan fingerprint density at radius 1 is 1.27 bits per heavy atom. The summed E-state index contributed by atoms with van der Waals surface area (Å²) in [6, 6.07) is 8.49. The number of halogens is 1. The summed E-state index contributed by atoms with van der Waals surface area (Å²) in [5.74, 6) is -0.108. The van der Waals surface area contributed by atoms with E-state index in [1.54, 1.807) is 12.1 Å². The van der Waals surface area contributed by atoms with Crippen molar-refractivity contribution in [2.75, 3.05) is 13.2 Å². The van der Waals surface area contributed by atoms with Gasteiger partial charge in [0.2, 0.25) is 10.0 Å². The van der Waals surface area contributed by atoms with Crippen LogP contribution in [0.25, 0.3) is 0 Å². The molecule has 0 saturated carbocycles. The molecule has 2 N–H and O–H groups in total. The van der Waals surface area contributed by atoms with E-state index >= 15 is 0 Å². The molecule has 9 heteroatoms. The van der Waals surface area contributed by atoms with E-state index in [1.807, 2.05) is 12.1 Å². The average molecular weight is 406 g/mol. The van der Waals surface area contributed by atoms with Gasteiger partial charge in [-0.05, 0) is 29.6 Å². The number of primary sulfonamides is 1. The molecule has 0 aliphatic rings. The van der Waals surface area contributed by atoms with Gasteiger partial charge >= 0.3 is 5.97 Å². The summed E-state index contributed by atoms with van der Waals surface area (Å²) in [6.45, 7) is 0.144. The van der Waals surface area contributed by atoms with Gasteiger partial charge in [-0.25, -0.2) is 18.4 Å². The molecule has 0 unspecified atom stereocenters. The Kier molecular flexibility index (Phi) is 5.57. The van der Waals surface area contributed by atoms with Crippen molar-refractivity contribution >= 4 is 43.3 Å². The minimum absolute atomic E-state index is 0.00664. The van der Waals surface area contributed by atoms with Crippen molar-refractivity contribution in [2.24, 2.45) is 5.14 Å². The fourth-order valence-corrected chi connectivity index (χ4v) is 3.82. The Bertz CT molecular complexity index is 772. The highest BCUT2D eigenvalue weighted by molar-refractivity contribution is 9.10. The summed E-state index contributed by atoms with van der Waals surface area (Å²) >= 11 is 4.27. The van der Waals surface area contributed by atoms with Crippen molar-refractivity contribution in [2.45, 2.75) is 4.90 Å². The predicted molar refractivity (Wildman–Crippen MR) is 85.6 cm³/mol. The fraction of sp³-hybridized carbons (Fsp3) is 0.154. The number of carbonyl (C=O) groups is 1. The monoisotopic (exact) mass is 405 g/mol. The summed E-state index contributed by atoms with van der Waals surface area (Å²) < 4.78 is 33.9. The lowest BCUT2D eigenvalue weighted by molar-refractivity contribution is 0.0452. The largest absolute Gasteiger partial charge is 0.490 e. The predicted octanol–water partition coefficient (Wildman–Crippen LogP) is 2.39. The maximum absolute atomic E-state index is 11.8. The van der Waals surface area contributed by atoms with Gasteiger partial charge in [-0.15, -0.1) is 11.3 Å². The van der Waals surface area contributed by atoms with E-state index in [2.05, 4.69) is 15.9 Å². The van der Waals surface area contributed by atoms with Gasteiger partial charge in [0.15, 0.2) is 0 Å². The van der Waals surface area contributed by atoms with Crippen LogP contribution >= 0.6 is 27.3 Å². The first-order valence-corrected chi connectivity index (χ1v) is 9.25. The Labute approximate surface area is 140 Å². The van der Waals surface area contributed by atoms with E-state index in [9.17, 15) is 13.2 Å². The third-order valence-corrected chi connectivity index (χ3v) is 4.97. The number of thiophene rings is 1. The van der Waals surface area contributed by atoms with Crippen LogP contribution in [0.3, 0.4) is 0 Å². The molecule has 0 fully saturated rings. The molecule has 1 heterocycles. The normalized spacial score (nSPS) is 11.2. The lowest BCUT2D eigenvalue weighted by Crippen LogP contribution is -2.17. The zero-order valence-electron chi connectivity index (χ0n) is 11.2. The molecule has 1 aromatic carbocycles. The third-order valence-electron chi connectivity index (χ3n) is 2.50. The zero-order valence-corrected chi connectivity index (χ0v) is 14.4. The molecule has 22 heavy (non-hydrogen) atoms. The van der Waals surface area contributed by atoms with E-state index in [-0.39, 0.29) is 23.0 Å². The number of benzene rings is 1. The van der Waals surface area contributed by atoms with Gasteiger partial charge in [-0.1, -0.05) is 22.0 Å². The van der Waals surface area contributed by atoms with Gasteiger partial charge in [0, 0.05) is 4.47 Å². The van der Waals surface area contributed by atoms with Gasteiger partial charge in [-0.3, -0.25) is 0 Å². The van der Waals surface area contributed by atoms with Crippen LogP contribution in [0.1, 0.15) is 9.67 Å². The first-order valence-electron chi connectivity index (χ1n) is 6.04. The number of ether oxygens (including phenoxy) is 2. The standard InChI is InChI=1S/C13H12BrNO5S2/c14-9-2-1-3-10(8-9)19-5-6-20-13(16)12-11(4-7-21-12)22(15,17)18/h1-4,7-8H,5-6H2,(H2,15,17,18). The van der Waals surface area contributed by atoms with Crippen LogP contribution < -0.4 is 9.88 Å². The van der Waals surface area contributed by atoms with E-state index < -0.39 is 16.0 Å². The Balaban J connectivity index is 1.88. The first-order chi connectivity index (χ1) is 10.4. The molecule has 2 rings (SSSR count). The molecule has 2 aromatic rings. The number of hydrogen-bond acceptors (Lipinski definition) is 6. The van der Waals surface area contributed by atoms with Gasteiger partial charge < -0.3 is 9.47 Å². The maximum atomic E-state index is 11.8. The van der Waals surface area contributed by atoms with Crippen LogP contribution in [0, 0.1) is 0 Å². The van der Waals surface area contributed by atoms with E-state index in [4.69, 9.17) is 14.6 Å². The summed E-state index contributed by atoms with van der Waals surface area (Å²) in [6.07, 6.45) is 0. The second-order valence-electron chi connectivity index (χ2n) is 4.10. The second-order valence-corrected chi connectivity index (χ2v) is 7.46. The van der Waals surface area contributed by atoms with E-state index in [1.165, 1.54) is 11.4 Å². The van der Waals surface area contributed by atoms with Crippen LogP contribution in [0.4, 0.5) is 0 Å². The van der Waals surface area contributed by atoms with Crippen molar-refractivity contribution in [1.29, 1.82) is 0 Å². The fourth-order valence-electron chi connectivity index (χ4n) is 1.59. The van der Waals surface area contributed by atoms with Gasteiger partial charge in [0.1, 0.15) is 28.7 Å². The highest BCUT2D eigenvalue weighted by Gasteiger charge is 2.21. The van der Waals surface area contributed by atoms with Crippen molar-refractivity contribution in [1.82, 2.24) is 0 Å². The van der Waals surface area contributed by atoms with Gasteiger partial charge in [-0.2, -0.15) is 0 Å². The topological polar surface area (TPSA) is 95.7 Å². The van der Waals surface area contributed by atoms with Crippen LogP contribution in [0.5, 0.6) is 5.75 Å². The first kappa shape index (κ1) is 16.9. The number of nitrogens with two attached hydrogens (primary N) is 1. The lowest BCUT2D eigenvalue weighted by atomic mass is 10.3. The highest BCUT2D eigenvalue weighted by Crippen LogP contribution is 2.22. The molecule has 0 saturated heterocycles. The summed E-state index contributed by atoms with van der Waals surface area (Å²) in [4.78, 5) is 11.6. The lowest BCUT2D eigenvalue weighted by Gasteiger charge is -2.07. The Morgan fingerprint density at radius 2 is 2.05 bits per heavy atom. The molecular weight excluding hydrogens is 394 g/mol. The number of sulfonamides is 1. The molecule has 1 aromatic heterocycles. The van der Waals surface area contributed by atoms with E-state index in [0.717, 1.165) is 15.8 Å². The molecule has 0 amide bonds. The molecule has 6 nitrogen and oxygen atoms in total. The summed E-state index contributed by atoms with van der Waals surface area (Å²) in [5.41, 5.74) is 0. The smallest absolute Gasteiger partial charge is 0.349 e. The molecule has 0 spiro atoms. The van der Waals surface area contributed by atoms with Crippen LogP contribution in [-0.2, 0) is 14.8 Å². The van der Waals surface area contributed by atoms with Gasteiger partial charge in [0.25, 0.3) is 0 Å². The number of rotatable bonds is 6. The average Bonchev–Trinajstić information content (AvgIpc) is 2.93. The van der Waals surface area contributed by atoms with Crippen LogP contribution in [-0.4, -0.2) is 27.6 Å². The quantitative estimate of drug-likeness (QED) is 0.587. The van der Waals surface area contributed by atoms with Crippen LogP contribution in [0.15, 0.2) is 45.1 Å². The molecule has 118 valence electrons. The Hall–Kier alpha value is -1.42. The summed E-state index contributed by atoms with van der Waals surface area (Å²) in [5, 5.41) is 6.49. The van der Waals surface area contributed by atoms with Crippen molar-refractivity contribution in [3.05, 3.63) is 45.1 Å². The molecule has 0 aliphatic heterocycles. The summed E-state index contributed by atoms with van der Waals surface area (Å²) in [7, 11) is -3.94. The molecule has 0 aliphatic carbocycles. The van der Waals surface area contributed by atoms with Crippen molar-refractivity contribution < 1.29 is 22.7 Å². The van der Waals surface area contributed by atoms with Crippen LogP contribution in [0.2, 0.25) is 0 Å². The third kappa shape index (κ3) is 4.54. The molecule has 0 atom stereocenters. The van der Waals surface area contributed by atoms with Crippen molar-refractivity contribution in [3.63, 3.8) is 0 Å². The molecule has 0 bridgehead atoms. The number of hydrogen-bond donors (Lipinski definition) is 1. The Morgan fingerprint density at radius 3 is 2.73 bits per heavy atom. The highest BCUT2D eigenvalue weighted by atomic mass is 79.9. The van der Waals surface area contributed by atoms with Gasteiger partial charge in [0.05, 0.1) is 0 Å². The number of esters is 1. The minimum atomic E-state index is -3.94. The second kappa shape index (κ2) is 7.23. The molecular formula is C13H12BrNO5S2. The number of carbonyl (C=O) groups excluding carboxylic acids is 1. The SMILES string of the molecule is NS(=O)(=O)c1ccsc1C(=O)OCCOc1cccc(Br)c1. The minimum Gasteiger partial charge on any atom is -0.490 e. The zero-order chi connectivity index (χ0) is 16.2. The maximum Gasteiger partial charge on any atom is 0.349 e. The molecule has 0 radical (unpaired) electrons.